The van der Waals surface area contributed by atoms with E-state index in [-0.39, 0.29) is 49.5 Å². The average molecular weight is 556 g/mol. The first kappa shape index (κ1) is 31.1. The number of hydrogen-bond donors (Lipinski definition) is 1. The molecule has 2 atom stereocenters. The largest absolute Gasteiger partial charge is 0.416 e. The minimum atomic E-state index is -4.63. The molecule has 2 unspecified atom stereocenters. The molecule has 0 aromatic heterocycles. The lowest BCUT2D eigenvalue weighted by atomic mass is 10.1. The van der Waals surface area contributed by atoms with E-state index in [9.17, 15) is 31.2 Å². The third-order valence-electron chi connectivity index (χ3n) is 6.38. The molecular formula is C27H36F3N3O4S. The van der Waals surface area contributed by atoms with E-state index in [0.29, 0.717) is 0 Å². The van der Waals surface area contributed by atoms with Crippen molar-refractivity contribution < 1.29 is 31.2 Å². The normalized spacial score (nSPS) is 13.5. The first-order chi connectivity index (χ1) is 17.6. The van der Waals surface area contributed by atoms with Crippen LogP contribution in [0.3, 0.4) is 0 Å². The molecule has 0 bridgehead atoms. The highest BCUT2D eigenvalue weighted by atomic mass is 32.2. The third-order valence-corrected chi connectivity index (χ3v) is 7.58. The van der Waals surface area contributed by atoms with Crippen LogP contribution in [0.4, 0.5) is 18.9 Å². The molecule has 2 rings (SSSR count). The number of aryl methyl sites for hydroxylation is 1. The van der Waals surface area contributed by atoms with Crippen molar-refractivity contribution in [2.45, 2.75) is 71.8 Å². The van der Waals surface area contributed by atoms with Crippen molar-refractivity contribution in [3.63, 3.8) is 0 Å². The van der Waals surface area contributed by atoms with Gasteiger partial charge in [0, 0.05) is 25.6 Å². The number of nitrogens with zero attached hydrogens (tertiary/aromatic N) is 2. The summed E-state index contributed by atoms with van der Waals surface area (Å²) >= 11 is 0. The number of carbonyl (C=O) groups excluding carboxylic acids is 2. The molecule has 0 fully saturated rings. The summed E-state index contributed by atoms with van der Waals surface area (Å²) in [5, 5.41) is 2.89. The number of sulfonamides is 1. The smallest absolute Gasteiger partial charge is 0.352 e. The topological polar surface area (TPSA) is 86.8 Å². The van der Waals surface area contributed by atoms with Gasteiger partial charge in [0.1, 0.15) is 6.04 Å². The van der Waals surface area contributed by atoms with Gasteiger partial charge < -0.3 is 10.2 Å². The predicted molar refractivity (Wildman–Crippen MR) is 142 cm³/mol. The molecule has 0 aliphatic heterocycles. The number of alkyl halides is 3. The Morgan fingerprint density at radius 2 is 1.71 bits per heavy atom. The van der Waals surface area contributed by atoms with Crippen LogP contribution in [0.15, 0.2) is 48.5 Å². The quantitative estimate of drug-likeness (QED) is 0.404. The Labute approximate surface area is 223 Å². The van der Waals surface area contributed by atoms with Gasteiger partial charge in [0.15, 0.2) is 0 Å². The van der Waals surface area contributed by atoms with Crippen molar-refractivity contribution in [2.75, 3.05) is 17.1 Å². The Bertz CT molecular complexity index is 1220. The zero-order valence-electron chi connectivity index (χ0n) is 22.4. The van der Waals surface area contributed by atoms with Crippen LogP contribution < -0.4 is 9.62 Å². The minimum Gasteiger partial charge on any atom is -0.352 e. The lowest BCUT2D eigenvalue weighted by Gasteiger charge is -2.30. The molecule has 7 nitrogen and oxygen atoms in total. The highest BCUT2D eigenvalue weighted by Crippen LogP contribution is 2.32. The van der Waals surface area contributed by atoms with E-state index >= 15 is 0 Å². The van der Waals surface area contributed by atoms with Gasteiger partial charge in [-0.05, 0) is 62.9 Å². The fourth-order valence-corrected chi connectivity index (χ4v) is 4.82. The van der Waals surface area contributed by atoms with Crippen molar-refractivity contribution in [3.05, 3.63) is 65.2 Å². The van der Waals surface area contributed by atoms with Gasteiger partial charge in [0.05, 0.1) is 17.5 Å². The second-order valence-electron chi connectivity index (χ2n) is 9.43. The Hall–Kier alpha value is -3.08. The zero-order valence-corrected chi connectivity index (χ0v) is 23.2. The van der Waals surface area contributed by atoms with Gasteiger partial charge in [-0.1, -0.05) is 37.3 Å². The molecule has 0 spiro atoms. The number of benzene rings is 2. The van der Waals surface area contributed by atoms with Crippen LogP contribution in [0.5, 0.6) is 0 Å². The van der Waals surface area contributed by atoms with E-state index in [0.717, 1.165) is 46.3 Å². The second kappa shape index (κ2) is 13.1. The highest BCUT2D eigenvalue weighted by molar-refractivity contribution is 7.92. The van der Waals surface area contributed by atoms with E-state index in [2.05, 4.69) is 5.32 Å². The Morgan fingerprint density at radius 3 is 2.29 bits per heavy atom. The van der Waals surface area contributed by atoms with E-state index < -0.39 is 27.8 Å². The van der Waals surface area contributed by atoms with Crippen LogP contribution in [0.1, 0.15) is 56.7 Å². The van der Waals surface area contributed by atoms with Crippen LogP contribution in [0.25, 0.3) is 0 Å². The van der Waals surface area contributed by atoms with Gasteiger partial charge in [-0.2, -0.15) is 13.2 Å². The third kappa shape index (κ3) is 8.75. The molecule has 0 radical (unpaired) electrons. The maximum atomic E-state index is 13.3. The maximum Gasteiger partial charge on any atom is 0.416 e. The lowest BCUT2D eigenvalue weighted by molar-refractivity contribution is -0.140. The number of hydrogen-bond acceptors (Lipinski definition) is 4. The SMILES string of the molecule is CCC(C)NC(=O)C(C)N(Cc1ccccc1C)C(=O)CCCN(c1cccc(C(F)(F)F)c1)S(C)(=O)=O. The number of nitrogens with one attached hydrogen (secondary N) is 1. The van der Waals surface area contributed by atoms with Crippen LogP contribution >= 0.6 is 0 Å². The van der Waals surface area contributed by atoms with Gasteiger partial charge in [-0.15, -0.1) is 0 Å². The predicted octanol–water partition coefficient (Wildman–Crippen LogP) is 4.89. The molecule has 0 saturated carbocycles. The number of carbonyl (C=O) groups is 2. The van der Waals surface area contributed by atoms with Crippen molar-refractivity contribution in [2.24, 2.45) is 0 Å². The second-order valence-corrected chi connectivity index (χ2v) is 11.3. The number of rotatable bonds is 12. The standard InChI is InChI=1S/C27H36F3N3O4S/c1-6-20(3)31-26(35)21(4)32(18-22-12-8-7-11-19(22)2)25(34)15-10-16-33(38(5,36)37)24-14-9-13-23(17-24)27(28,29)30/h7-9,11-14,17,20-21H,6,10,15-16,18H2,1-5H3,(H,31,35). The first-order valence-electron chi connectivity index (χ1n) is 12.4. The molecule has 2 amide bonds. The Morgan fingerprint density at radius 1 is 1.05 bits per heavy atom. The summed E-state index contributed by atoms with van der Waals surface area (Å²) in [4.78, 5) is 27.7. The van der Waals surface area contributed by atoms with Crippen LogP contribution in [-0.4, -0.2) is 50.0 Å². The van der Waals surface area contributed by atoms with Crippen LogP contribution in [-0.2, 0) is 32.3 Å². The fraction of sp³-hybridized carbons (Fsp3) is 0.481. The molecule has 11 heteroatoms. The molecule has 2 aromatic rings. The maximum absolute atomic E-state index is 13.3. The van der Waals surface area contributed by atoms with Crippen LogP contribution in [0, 0.1) is 6.92 Å². The number of halogens is 3. The van der Waals surface area contributed by atoms with Crippen molar-refractivity contribution in [3.8, 4) is 0 Å². The molecule has 38 heavy (non-hydrogen) atoms. The van der Waals surface area contributed by atoms with Gasteiger partial charge in [-0.3, -0.25) is 13.9 Å². The summed E-state index contributed by atoms with van der Waals surface area (Å²) in [5.74, 6) is -0.666. The molecular weight excluding hydrogens is 519 g/mol. The van der Waals surface area contributed by atoms with E-state index in [1.54, 1.807) is 6.92 Å². The molecule has 1 N–H and O–H groups in total. The molecule has 0 saturated heterocycles. The number of amides is 2. The molecule has 0 heterocycles. The van der Waals surface area contributed by atoms with E-state index in [1.807, 2.05) is 45.0 Å². The Kier molecular flexibility index (Phi) is 10.8. The van der Waals surface area contributed by atoms with Gasteiger partial charge >= 0.3 is 6.18 Å². The summed E-state index contributed by atoms with van der Waals surface area (Å²) < 4.78 is 65.2. The average Bonchev–Trinajstić information content (AvgIpc) is 2.84. The van der Waals surface area contributed by atoms with Crippen molar-refractivity contribution >= 4 is 27.5 Å². The van der Waals surface area contributed by atoms with Gasteiger partial charge in [0.25, 0.3) is 0 Å². The van der Waals surface area contributed by atoms with Crippen molar-refractivity contribution in [1.29, 1.82) is 0 Å². The lowest BCUT2D eigenvalue weighted by Crippen LogP contribution is -2.49. The molecule has 210 valence electrons. The zero-order chi connectivity index (χ0) is 28.7. The minimum absolute atomic E-state index is 0.0477. The molecule has 0 aliphatic carbocycles. The number of anilines is 1. The van der Waals surface area contributed by atoms with Gasteiger partial charge in [0.2, 0.25) is 21.8 Å². The molecule has 0 aliphatic rings. The van der Waals surface area contributed by atoms with Crippen molar-refractivity contribution in [1.82, 2.24) is 10.2 Å². The summed E-state index contributed by atoms with van der Waals surface area (Å²) in [6, 6.07) is 10.7. The Balaban J connectivity index is 2.23. The van der Waals surface area contributed by atoms with Gasteiger partial charge in [-0.25, -0.2) is 8.42 Å². The first-order valence-corrected chi connectivity index (χ1v) is 14.3. The van der Waals surface area contributed by atoms with E-state index in [1.165, 1.54) is 11.0 Å². The summed E-state index contributed by atoms with van der Waals surface area (Å²) in [7, 11) is -3.92. The fourth-order valence-electron chi connectivity index (χ4n) is 3.86. The summed E-state index contributed by atoms with van der Waals surface area (Å²) in [6.45, 7) is 7.33. The van der Waals surface area contributed by atoms with E-state index in [4.69, 9.17) is 0 Å². The monoisotopic (exact) mass is 555 g/mol. The highest BCUT2D eigenvalue weighted by Gasteiger charge is 2.32. The summed E-state index contributed by atoms with van der Waals surface area (Å²) in [6.07, 6.45) is -3.05. The summed E-state index contributed by atoms with van der Waals surface area (Å²) in [5.41, 5.74) is 0.719. The van der Waals surface area contributed by atoms with Crippen LogP contribution in [0.2, 0.25) is 0 Å². The molecule has 2 aromatic carbocycles.